The molecule has 96 valence electrons. The zero-order valence-electron chi connectivity index (χ0n) is 10.3. The number of rotatable bonds is 0. The number of benzene rings is 2. The molecular formula is C16H9NO3. The molecule has 0 saturated heterocycles. The summed E-state index contributed by atoms with van der Waals surface area (Å²) in [5.41, 5.74) is 0.581. The number of nitrogens with one attached hydrogen (secondary N) is 1. The van der Waals surface area contributed by atoms with E-state index in [1.54, 1.807) is 18.2 Å². The first kappa shape index (κ1) is 11.0. The van der Waals surface area contributed by atoms with Gasteiger partial charge in [-0.15, -0.1) is 0 Å². The molecule has 0 saturated carbocycles. The van der Waals surface area contributed by atoms with Gasteiger partial charge in [-0.25, -0.2) is 4.79 Å². The lowest BCUT2D eigenvalue weighted by Crippen LogP contribution is -2.06. The molecule has 0 amide bonds. The molecular weight excluding hydrogens is 254 g/mol. The normalized spacial score (nSPS) is 11.4. The summed E-state index contributed by atoms with van der Waals surface area (Å²) in [6.45, 7) is 0. The van der Waals surface area contributed by atoms with E-state index in [2.05, 4.69) is 4.98 Å². The van der Waals surface area contributed by atoms with E-state index in [4.69, 9.17) is 4.42 Å². The Hall–Kier alpha value is -2.88. The molecule has 20 heavy (non-hydrogen) atoms. The van der Waals surface area contributed by atoms with Gasteiger partial charge in [-0.3, -0.25) is 4.79 Å². The maximum atomic E-state index is 12.0. The number of aromatic nitrogens is 1. The second kappa shape index (κ2) is 3.81. The highest BCUT2D eigenvalue weighted by molar-refractivity contribution is 6.09. The highest BCUT2D eigenvalue weighted by Crippen LogP contribution is 2.25. The number of pyridine rings is 1. The minimum absolute atomic E-state index is 0.147. The third-order valence-corrected chi connectivity index (χ3v) is 3.47. The molecule has 4 nitrogen and oxygen atoms in total. The van der Waals surface area contributed by atoms with Crippen LogP contribution < -0.4 is 11.2 Å². The number of aromatic amines is 1. The summed E-state index contributed by atoms with van der Waals surface area (Å²) in [7, 11) is 0. The summed E-state index contributed by atoms with van der Waals surface area (Å²) in [5, 5.41) is 3.30. The number of H-pyrrole nitrogens is 1. The lowest BCUT2D eigenvalue weighted by atomic mass is 10.0. The monoisotopic (exact) mass is 263 g/mol. The molecule has 0 radical (unpaired) electrons. The zero-order chi connectivity index (χ0) is 13.7. The average Bonchev–Trinajstić information content (AvgIpc) is 2.46. The van der Waals surface area contributed by atoms with Crippen molar-refractivity contribution in [3.63, 3.8) is 0 Å². The zero-order valence-corrected chi connectivity index (χ0v) is 10.3. The summed E-state index contributed by atoms with van der Waals surface area (Å²) in [4.78, 5) is 26.1. The lowest BCUT2D eigenvalue weighted by molar-refractivity contribution is 0.561. The lowest BCUT2D eigenvalue weighted by Gasteiger charge is -2.04. The van der Waals surface area contributed by atoms with Crippen LogP contribution in [0.25, 0.3) is 32.6 Å². The molecule has 0 aliphatic heterocycles. The highest BCUT2D eigenvalue weighted by Gasteiger charge is 2.07. The van der Waals surface area contributed by atoms with E-state index < -0.39 is 5.63 Å². The molecule has 2 aromatic carbocycles. The molecule has 0 aliphatic rings. The molecule has 2 aromatic heterocycles. The first-order valence-corrected chi connectivity index (χ1v) is 6.21. The minimum atomic E-state index is -0.403. The number of hydrogen-bond donors (Lipinski definition) is 1. The maximum absolute atomic E-state index is 12.0. The van der Waals surface area contributed by atoms with Crippen molar-refractivity contribution in [1.29, 1.82) is 0 Å². The standard InChI is InChI=1S/C16H9NO3/c18-15-6-5-9-7-12-10-3-1-2-4-11(10)16(19)17-13(12)8-14(9)20-15/h1-8H,(H,17,19). The SMILES string of the molecule is O=c1ccc2cc3c(cc2o1)[nH]c(=O)c1ccccc13. The first-order valence-electron chi connectivity index (χ1n) is 6.21. The molecule has 0 bridgehead atoms. The Kier molecular flexibility index (Phi) is 2.09. The van der Waals surface area contributed by atoms with E-state index >= 15 is 0 Å². The molecule has 4 rings (SSSR count). The third-order valence-electron chi connectivity index (χ3n) is 3.47. The van der Waals surface area contributed by atoms with Crippen LogP contribution in [0.1, 0.15) is 0 Å². The van der Waals surface area contributed by atoms with E-state index in [0.717, 1.165) is 16.2 Å². The van der Waals surface area contributed by atoms with Gasteiger partial charge in [0.1, 0.15) is 5.58 Å². The topological polar surface area (TPSA) is 63.1 Å². The van der Waals surface area contributed by atoms with E-state index in [9.17, 15) is 9.59 Å². The van der Waals surface area contributed by atoms with Gasteiger partial charge in [-0.2, -0.15) is 0 Å². The van der Waals surface area contributed by atoms with Gasteiger partial charge in [-0.1, -0.05) is 18.2 Å². The third kappa shape index (κ3) is 1.48. The van der Waals surface area contributed by atoms with Gasteiger partial charge >= 0.3 is 5.63 Å². The summed E-state index contributed by atoms with van der Waals surface area (Å²) >= 11 is 0. The average molecular weight is 263 g/mol. The van der Waals surface area contributed by atoms with Crippen LogP contribution >= 0.6 is 0 Å². The summed E-state index contributed by atoms with van der Waals surface area (Å²) in [5.74, 6) is 0. The van der Waals surface area contributed by atoms with E-state index in [0.29, 0.717) is 16.5 Å². The second-order valence-corrected chi connectivity index (χ2v) is 4.69. The van der Waals surface area contributed by atoms with Crippen molar-refractivity contribution in [2.45, 2.75) is 0 Å². The molecule has 0 unspecified atom stereocenters. The molecule has 1 N–H and O–H groups in total. The highest BCUT2D eigenvalue weighted by atomic mass is 16.4. The molecule has 2 heterocycles. The van der Waals surface area contributed by atoms with Gasteiger partial charge < -0.3 is 9.40 Å². The summed E-state index contributed by atoms with van der Waals surface area (Å²) in [6, 6.07) is 14.2. The summed E-state index contributed by atoms with van der Waals surface area (Å²) < 4.78 is 5.14. The molecule has 4 heteroatoms. The number of fused-ring (bicyclic) bond motifs is 4. The van der Waals surface area contributed by atoms with Crippen molar-refractivity contribution in [3.8, 4) is 0 Å². The van der Waals surface area contributed by atoms with Gasteiger partial charge in [0, 0.05) is 28.3 Å². The van der Waals surface area contributed by atoms with Crippen LogP contribution in [-0.4, -0.2) is 4.98 Å². The van der Waals surface area contributed by atoms with Crippen LogP contribution in [0, 0.1) is 0 Å². The van der Waals surface area contributed by atoms with Crippen LogP contribution in [0.2, 0.25) is 0 Å². The fraction of sp³-hybridized carbons (Fsp3) is 0. The van der Waals surface area contributed by atoms with Crippen molar-refractivity contribution >= 4 is 32.6 Å². The fourth-order valence-electron chi connectivity index (χ4n) is 2.55. The Labute approximate surface area is 112 Å². The van der Waals surface area contributed by atoms with Gasteiger partial charge in [-0.05, 0) is 23.6 Å². The van der Waals surface area contributed by atoms with Crippen LogP contribution in [0.4, 0.5) is 0 Å². The Bertz CT molecular complexity index is 1090. The van der Waals surface area contributed by atoms with Crippen molar-refractivity contribution in [1.82, 2.24) is 4.98 Å². The Morgan fingerprint density at radius 3 is 2.50 bits per heavy atom. The van der Waals surface area contributed by atoms with Gasteiger partial charge in [0.05, 0.1) is 5.52 Å². The minimum Gasteiger partial charge on any atom is -0.423 e. The smallest absolute Gasteiger partial charge is 0.336 e. The fourth-order valence-corrected chi connectivity index (χ4v) is 2.55. The molecule has 0 spiro atoms. The van der Waals surface area contributed by atoms with Crippen LogP contribution in [0.15, 0.2) is 62.5 Å². The predicted octanol–water partition coefficient (Wildman–Crippen LogP) is 2.79. The Balaban J connectivity index is 2.31. The largest absolute Gasteiger partial charge is 0.423 e. The van der Waals surface area contributed by atoms with Crippen molar-refractivity contribution < 1.29 is 4.42 Å². The van der Waals surface area contributed by atoms with Gasteiger partial charge in [0.2, 0.25) is 0 Å². The van der Waals surface area contributed by atoms with Crippen molar-refractivity contribution in [3.05, 3.63) is 69.3 Å². The first-order chi connectivity index (χ1) is 9.72. The molecule has 0 aliphatic carbocycles. The van der Waals surface area contributed by atoms with Gasteiger partial charge in [0.25, 0.3) is 5.56 Å². The molecule has 0 atom stereocenters. The van der Waals surface area contributed by atoms with E-state index in [1.165, 1.54) is 6.07 Å². The van der Waals surface area contributed by atoms with Crippen LogP contribution in [0.3, 0.4) is 0 Å². The van der Waals surface area contributed by atoms with Crippen LogP contribution in [-0.2, 0) is 0 Å². The quantitative estimate of drug-likeness (QED) is 0.301. The Morgan fingerprint density at radius 1 is 0.850 bits per heavy atom. The summed E-state index contributed by atoms with van der Waals surface area (Å²) in [6.07, 6.45) is 0. The Morgan fingerprint density at radius 2 is 1.65 bits per heavy atom. The van der Waals surface area contributed by atoms with Crippen molar-refractivity contribution in [2.24, 2.45) is 0 Å². The van der Waals surface area contributed by atoms with E-state index in [1.807, 2.05) is 24.3 Å². The second-order valence-electron chi connectivity index (χ2n) is 4.69. The van der Waals surface area contributed by atoms with Crippen molar-refractivity contribution in [2.75, 3.05) is 0 Å². The predicted molar refractivity (Wildman–Crippen MR) is 78.1 cm³/mol. The van der Waals surface area contributed by atoms with Crippen LogP contribution in [0.5, 0.6) is 0 Å². The number of hydrogen-bond acceptors (Lipinski definition) is 3. The maximum Gasteiger partial charge on any atom is 0.336 e. The molecule has 0 fully saturated rings. The van der Waals surface area contributed by atoms with Gasteiger partial charge in [0.15, 0.2) is 0 Å². The molecule has 4 aromatic rings. The van der Waals surface area contributed by atoms with E-state index in [-0.39, 0.29) is 5.56 Å².